The molecule has 0 saturated heterocycles. The zero-order valence-electron chi connectivity index (χ0n) is 60.0. The lowest BCUT2D eigenvalue weighted by Gasteiger charge is -2.34. The van der Waals surface area contributed by atoms with Crippen LogP contribution in [0.3, 0.4) is 0 Å². The second-order valence-electron chi connectivity index (χ2n) is 27.7. The number of hydrogen-bond acceptors (Lipinski definition) is 4. The van der Waals surface area contributed by atoms with Crippen molar-refractivity contribution >= 4 is 125 Å². The first kappa shape index (κ1) is 67.5. The number of nitrogens with zero attached hydrogens (tertiary/aromatic N) is 4. The Morgan fingerprint density at radius 3 is 1.08 bits per heavy atom. The quantitative estimate of drug-likeness (QED) is 0.0433. The lowest BCUT2D eigenvalue weighted by Crippen LogP contribution is -2.74. The van der Waals surface area contributed by atoms with Crippen LogP contribution in [0, 0.1) is 0 Å². The lowest BCUT2D eigenvalue weighted by molar-refractivity contribution is 1.18. The molecular formula is C102H74N4SSi2. The van der Waals surface area contributed by atoms with E-state index in [1.165, 1.54) is 69.6 Å². The second kappa shape index (κ2) is 29.9. The predicted molar refractivity (Wildman–Crippen MR) is 469 cm³/mol. The molecule has 516 valence electrons. The van der Waals surface area contributed by atoms with Gasteiger partial charge in [-0.15, -0.1) is 0 Å². The van der Waals surface area contributed by atoms with Crippen LogP contribution in [0.25, 0.3) is 100 Å². The Morgan fingerprint density at radius 2 is 0.642 bits per heavy atom. The number of rotatable bonds is 20. The highest BCUT2D eigenvalue weighted by Crippen LogP contribution is 2.44. The van der Waals surface area contributed by atoms with Gasteiger partial charge in [0.05, 0.1) is 28.4 Å². The summed E-state index contributed by atoms with van der Waals surface area (Å²) in [6.45, 7) is 3.85. The molecule has 0 atom stereocenters. The molecule has 7 heteroatoms. The minimum absolute atomic E-state index is 0.838. The molecule has 0 amide bonds. The van der Waals surface area contributed by atoms with E-state index in [9.17, 15) is 0 Å². The average molecular weight is 1440 g/mol. The van der Waals surface area contributed by atoms with Gasteiger partial charge in [-0.1, -0.05) is 352 Å². The van der Waals surface area contributed by atoms with Crippen LogP contribution < -0.4 is 46.4 Å². The molecule has 0 N–H and O–H groups in total. The van der Waals surface area contributed by atoms with Gasteiger partial charge in [0.25, 0.3) is 0 Å². The molecular weight excluding hydrogens is 1370 g/mol. The first-order chi connectivity index (χ1) is 54.0. The maximum Gasteiger partial charge on any atom is 0.179 e. The minimum atomic E-state index is -2.75. The monoisotopic (exact) mass is 1440 g/mol. The summed E-state index contributed by atoms with van der Waals surface area (Å²) in [4.78, 5) is 2.30. The van der Waals surface area contributed by atoms with Gasteiger partial charge in [0, 0.05) is 33.4 Å². The number of allylic oxidation sites excluding steroid dienone is 4. The van der Waals surface area contributed by atoms with E-state index in [-0.39, 0.29) is 0 Å². The van der Waals surface area contributed by atoms with Gasteiger partial charge >= 0.3 is 0 Å². The Kier molecular flexibility index (Phi) is 18.5. The lowest BCUT2D eigenvalue weighted by atomic mass is 9.95. The zero-order chi connectivity index (χ0) is 72.9. The van der Waals surface area contributed by atoms with Crippen molar-refractivity contribution in [1.29, 1.82) is 0 Å². The van der Waals surface area contributed by atoms with Gasteiger partial charge in [-0.25, -0.2) is 0 Å². The van der Waals surface area contributed by atoms with E-state index in [2.05, 4.69) is 435 Å². The van der Waals surface area contributed by atoms with Crippen molar-refractivity contribution in [2.24, 2.45) is 0 Å². The SMILES string of the molecule is C=C/C=C\C=C\c1cc(-c2ccccc2)cc(-c2ccc(N(c3ccccc3)c3ccc(-c4ccc(-n5c6ccc(-c7ccc([Si](c8ccccc8)(c8ccccc8)c8ccccc8)cc7)cc6c6cc(-c7ccc([Si](c8ccccc8)(c8ccccc8)c8ccccc8)cc7)ccc65)cc4)c4nsnc34)cc2)c1. The first-order valence-corrected chi connectivity index (χ1v) is 41.9. The van der Waals surface area contributed by atoms with Gasteiger partial charge in [-0.2, -0.15) is 8.75 Å². The fraction of sp³-hybridized carbons (Fsp3) is 0. The van der Waals surface area contributed by atoms with E-state index in [1.807, 2.05) is 12.2 Å². The summed E-state index contributed by atoms with van der Waals surface area (Å²) in [5, 5.41) is 13.2. The normalized spacial score (nSPS) is 11.8. The van der Waals surface area contributed by atoms with E-state index in [4.69, 9.17) is 8.75 Å². The van der Waals surface area contributed by atoms with Crippen LogP contribution in [0.1, 0.15) is 5.56 Å². The average Bonchev–Trinajstić information content (AvgIpc) is 1.61. The van der Waals surface area contributed by atoms with Crippen LogP contribution in [-0.4, -0.2) is 29.5 Å². The predicted octanol–water partition coefficient (Wildman–Crippen LogP) is 21.1. The third kappa shape index (κ3) is 12.6. The van der Waals surface area contributed by atoms with Crippen molar-refractivity contribution in [3.05, 3.63) is 443 Å². The van der Waals surface area contributed by atoms with Crippen LogP contribution in [0.5, 0.6) is 0 Å². The third-order valence-electron chi connectivity index (χ3n) is 21.6. The Bertz CT molecular complexity index is 5870. The van der Waals surface area contributed by atoms with Gasteiger partial charge in [-0.3, -0.25) is 0 Å². The zero-order valence-corrected chi connectivity index (χ0v) is 62.8. The molecule has 18 rings (SSSR count). The molecule has 0 spiro atoms. The van der Waals surface area contributed by atoms with Crippen molar-refractivity contribution in [3.8, 4) is 61.3 Å². The van der Waals surface area contributed by atoms with Crippen molar-refractivity contribution in [2.45, 2.75) is 0 Å². The molecule has 0 aliphatic rings. The number of aromatic nitrogens is 3. The fourth-order valence-corrected chi connectivity index (χ4v) is 26.6. The molecule has 0 fully saturated rings. The van der Waals surface area contributed by atoms with Gasteiger partial charge in [0.1, 0.15) is 11.0 Å². The third-order valence-corrected chi connectivity index (χ3v) is 31.7. The van der Waals surface area contributed by atoms with Gasteiger partial charge in [-0.05, 0) is 188 Å². The highest BCUT2D eigenvalue weighted by atomic mass is 32.1. The van der Waals surface area contributed by atoms with Crippen LogP contribution in [0.4, 0.5) is 17.1 Å². The van der Waals surface area contributed by atoms with Crippen molar-refractivity contribution in [1.82, 2.24) is 13.3 Å². The summed E-state index contributed by atoms with van der Waals surface area (Å²) in [5.41, 5.74) is 20.4. The summed E-state index contributed by atoms with van der Waals surface area (Å²) in [7, 11) is -5.50. The topological polar surface area (TPSA) is 34.0 Å². The van der Waals surface area contributed by atoms with Gasteiger partial charge in [0.15, 0.2) is 16.1 Å². The van der Waals surface area contributed by atoms with Gasteiger partial charge in [0.2, 0.25) is 0 Å². The van der Waals surface area contributed by atoms with E-state index in [1.54, 1.807) is 6.08 Å². The first-order valence-electron chi connectivity index (χ1n) is 37.1. The number of para-hydroxylation sites is 1. The molecule has 0 saturated carbocycles. The fourth-order valence-electron chi connectivity index (χ4n) is 16.5. The van der Waals surface area contributed by atoms with E-state index in [0.29, 0.717) is 0 Å². The van der Waals surface area contributed by atoms with Crippen molar-refractivity contribution < 1.29 is 0 Å². The molecule has 18 aromatic rings. The molecule has 2 aromatic heterocycles. The molecule has 0 unspecified atom stereocenters. The summed E-state index contributed by atoms with van der Waals surface area (Å²) in [6.07, 6.45) is 9.95. The van der Waals surface area contributed by atoms with Crippen molar-refractivity contribution in [2.75, 3.05) is 4.90 Å². The molecule has 4 nitrogen and oxygen atoms in total. The molecule has 0 bridgehead atoms. The highest BCUT2D eigenvalue weighted by Gasteiger charge is 2.43. The molecule has 0 aliphatic carbocycles. The van der Waals surface area contributed by atoms with Crippen molar-refractivity contribution in [3.63, 3.8) is 0 Å². The number of anilines is 3. The molecule has 0 aliphatic heterocycles. The Labute approximate surface area is 643 Å². The second-order valence-corrected chi connectivity index (χ2v) is 35.8. The Balaban J connectivity index is 0.729. The molecule has 16 aromatic carbocycles. The summed E-state index contributed by atoms with van der Waals surface area (Å²) >= 11 is 1.25. The van der Waals surface area contributed by atoms with E-state index >= 15 is 0 Å². The van der Waals surface area contributed by atoms with E-state index in [0.717, 1.165) is 100 Å². The molecule has 2 heterocycles. The summed E-state index contributed by atoms with van der Waals surface area (Å²) in [6, 6.07) is 151. The standard InChI is InChI=1S/C102H74N4SSi2/c1-2-3-4-13-30-74-69-82(75-31-14-5-15-32-75)71-83(70-74)78-47-57-85(58-48-78)105(84-33-16-6-17-34-84)100-68-65-95(101-102(100)104-107-103-101)79-49-59-86(60-50-79)106-98-66-55-80(76-51-61-93(62-52-76)108(87-35-18-7-19-36-87,88-37-20-8-21-38-88)89-39-22-9-23-40-89)72-96(98)97-73-81(56-67-99(97)106)77-53-63-94(64-54-77)109(90-41-24-10-25-42-90,91-43-26-11-27-44-91)92-45-28-12-29-46-92/h2-73H,1H2/b4-3-,30-13+. The maximum absolute atomic E-state index is 5.09. The van der Waals surface area contributed by atoms with E-state index < -0.39 is 16.1 Å². The Morgan fingerprint density at radius 1 is 0.284 bits per heavy atom. The van der Waals surface area contributed by atoms with Crippen LogP contribution >= 0.6 is 11.7 Å². The summed E-state index contributed by atoms with van der Waals surface area (Å²) < 4.78 is 12.6. The largest absolute Gasteiger partial charge is 0.309 e. The van der Waals surface area contributed by atoms with Crippen LogP contribution in [-0.2, 0) is 0 Å². The molecule has 109 heavy (non-hydrogen) atoms. The maximum atomic E-state index is 5.09. The Hall–Kier alpha value is -13.4. The van der Waals surface area contributed by atoms with Crippen LogP contribution in [0.15, 0.2) is 437 Å². The molecule has 0 radical (unpaired) electrons. The van der Waals surface area contributed by atoms with Crippen LogP contribution in [0.2, 0.25) is 0 Å². The highest BCUT2D eigenvalue weighted by molar-refractivity contribution is 7.20. The smallest absolute Gasteiger partial charge is 0.179 e. The summed E-state index contributed by atoms with van der Waals surface area (Å²) in [5.74, 6) is 0. The number of benzene rings is 16. The minimum Gasteiger partial charge on any atom is -0.309 e. The number of fused-ring (bicyclic) bond motifs is 4. The number of hydrogen-bond donors (Lipinski definition) is 0. The van der Waals surface area contributed by atoms with Gasteiger partial charge < -0.3 is 9.47 Å².